The zero-order chi connectivity index (χ0) is 21.7. The standard InChI is InChI=1S/C22H28FN3O3S/c1-17-4-5-19(16-18(17)2)22(27)24-10-3-15-30(28,29)26-13-11-25(12-14-26)21-8-6-20(23)7-9-21/h4-9,16H,3,10-15H2,1-2H3,(H,24,27). The Morgan fingerprint density at radius 2 is 1.67 bits per heavy atom. The fraction of sp³-hybridized carbons (Fsp3) is 0.409. The molecule has 0 aliphatic carbocycles. The fourth-order valence-electron chi connectivity index (χ4n) is 3.45. The maximum Gasteiger partial charge on any atom is 0.251 e. The second-order valence-corrected chi connectivity index (χ2v) is 9.68. The summed E-state index contributed by atoms with van der Waals surface area (Å²) in [6.45, 7) is 6.17. The van der Waals surface area contributed by atoms with Gasteiger partial charge in [0.2, 0.25) is 10.0 Å². The molecule has 1 fully saturated rings. The minimum atomic E-state index is -3.38. The summed E-state index contributed by atoms with van der Waals surface area (Å²) in [6.07, 6.45) is 0.358. The van der Waals surface area contributed by atoms with Crippen molar-refractivity contribution in [1.29, 1.82) is 0 Å². The molecule has 0 aromatic heterocycles. The van der Waals surface area contributed by atoms with E-state index in [4.69, 9.17) is 0 Å². The molecule has 0 radical (unpaired) electrons. The van der Waals surface area contributed by atoms with E-state index in [1.807, 2.05) is 26.0 Å². The van der Waals surface area contributed by atoms with Crippen molar-refractivity contribution in [2.45, 2.75) is 20.3 Å². The molecule has 6 nitrogen and oxygen atoms in total. The average molecular weight is 434 g/mol. The summed E-state index contributed by atoms with van der Waals surface area (Å²) < 4.78 is 39.8. The van der Waals surface area contributed by atoms with Gasteiger partial charge in [0.05, 0.1) is 5.75 Å². The number of nitrogens with one attached hydrogen (secondary N) is 1. The summed E-state index contributed by atoms with van der Waals surface area (Å²) in [5, 5.41) is 2.79. The van der Waals surface area contributed by atoms with Gasteiger partial charge in [-0.3, -0.25) is 4.79 Å². The molecule has 30 heavy (non-hydrogen) atoms. The second-order valence-electron chi connectivity index (χ2n) is 7.59. The zero-order valence-electron chi connectivity index (χ0n) is 17.4. The number of anilines is 1. The van der Waals surface area contributed by atoms with Crippen LogP contribution in [0.3, 0.4) is 0 Å². The molecule has 0 spiro atoms. The molecule has 2 aromatic rings. The number of rotatable bonds is 7. The van der Waals surface area contributed by atoms with Crippen molar-refractivity contribution in [3.8, 4) is 0 Å². The van der Waals surface area contributed by atoms with E-state index >= 15 is 0 Å². The number of carbonyl (C=O) groups excluding carboxylic acids is 1. The van der Waals surface area contributed by atoms with Gasteiger partial charge < -0.3 is 10.2 Å². The predicted molar refractivity (Wildman–Crippen MR) is 117 cm³/mol. The molecule has 2 aromatic carbocycles. The molecule has 0 bridgehead atoms. The van der Waals surface area contributed by atoms with E-state index in [0.29, 0.717) is 44.7 Å². The summed E-state index contributed by atoms with van der Waals surface area (Å²) in [6, 6.07) is 11.7. The van der Waals surface area contributed by atoms with E-state index in [0.717, 1.165) is 16.8 Å². The number of nitrogens with zero attached hydrogens (tertiary/aromatic N) is 2. The lowest BCUT2D eigenvalue weighted by Crippen LogP contribution is -2.49. The van der Waals surface area contributed by atoms with Gasteiger partial charge >= 0.3 is 0 Å². The molecule has 162 valence electrons. The lowest BCUT2D eigenvalue weighted by molar-refractivity contribution is 0.0953. The highest BCUT2D eigenvalue weighted by atomic mass is 32.2. The summed E-state index contributed by atoms with van der Waals surface area (Å²) in [5.74, 6) is -0.482. The maximum absolute atomic E-state index is 13.1. The summed E-state index contributed by atoms with van der Waals surface area (Å²) >= 11 is 0. The van der Waals surface area contributed by atoms with Crippen LogP contribution in [0.25, 0.3) is 0 Å². The van der Waals surface area contributed by atoms with Crippen molar-refractivity contribution in [3.63, 3.8) is 0 Å². The Morgan fingerprint density at radius 1 is 1.00 bits per heavy atom. The topological polar surface area (TPSA) is 69.7 Å². The van der Waals surface area contributed by atoms with Gasteiger partial charge in [0.25, 0.3) is 5.91 Å². The van der Waals surface area contributed by atoms with Crippen LogP contribution < -0.4 is 10.2 Å². The highest BCUT2D eigenvalue weighted by Gasteiger charge is 2.26. The van der Waals surface area contributed by atoms with E-state index in [-0.39, 0.29) is 17.5 Å². The van der Waals surface area contributed by atoms with Gasteiger partial charge in [0.1, 0.15) is 5.82 Å². The van der Waals surface area contributed by atoms with Crippen LogP contribution >= 0.6 is 0 Å². The molecular formula is C22H28FN3O3S. The number of piperazine rings is 1. The third-order valence-electron chi connectivity index (χ3n) is 5.46. The summed E-state index contributed by atoms with van der Waals surface area (Å²) in [4.78, 5) is 14.3. The first-order valence-corrected chi connectivity index (χ1v) is 11.7. The molecule has 0 atom stereocenters. The van der Waals surface area contributed by atoms with Crippen molar-refractivity contribution >= 4 is 21.6 Å². The smallest absolute Gasteiger partial charge is 0.251 e. The van der Waals surface area contributed by atoms with Gasteiger partial charge in [-0.05, 0) is 67.8 Å². The second kappa shape index (κ2) is 9.57. The van der Waals surface area contributed by atoms with Gasteiger partial charge in [-0.2, -0.15) is 4.31 Å². The SMILES string of the molecule is Cc1ccc(C(=O)NCCCS(=O)(=O)N2CCN(c3ccc(F)cc3)CC2)cc1C. The average Bonchev–Trinajstić information content (AvgIpc) is 2.73. The Morgan fingerprint density at radius 3 is 2.30 bits per heavy atom. The first-order valence-electron chi connectivity index (χ1n) is 10.1. The number of amides is 1. The van der Waals surface area contributed by atoms with Crippen LogP contribution in [0.15, 0.2) is 42.5 Å². The largest absolute Gasteiger partial charge is 0.369 e. The van der Waals surface area contributed by atoms with E-state index in [2.05, 4.69) is 10.2 Å². The number of aryl methyl sites for hydroxylation is 2. The van der Waals surface area contributed by atoms with Gasteiger partial charge in [-0.15, -0.1) is 0 Å². The van der Waals surface area contributed by atoms with Gasteiger partial charge in [0.15, 0.2) is 0 Å². The van der Waals surface area contributed by atoms with E-state index in [9.17, 15) is 17.6 Å². The zero-order valence-corrected chi connectivity index (χ0v) is 18.2. The number of halogens is 1. The molecule has 1 saturated heterocycles. The van der Waals surface area contributed by atoms with Gasteiger partial charge in [-0.25, -0.2) is 12.8 Å². The highest BCUT2D eigenvalue weighted by molar-refractivity contribution is 7.89. The van der Waals surface area contributed by atoms with Crippen LogP contribution in [0.5, 0.6) is 0 Å². The molecule has 1 N–H and O–H groups in total. The van der Waals surface area contributed by atoms with E-state index in [1.54, 1.807) is 18.2 Å². The molecule has 8 heteroatoms. The van der Waals surface area contributed by atoms with Crippen molar-refractivity contribution < 1.29 is 17.6 Å². The molecule has 1 aliphatic heterocycles. The Bertz CT molecular complexity index is 985. The molecular weight excluding hydrogens is 405 g/mol. The van der Waals surface area contributed by atoms with Crippen LogP contribution in [0.1, 0.15) is 27.9 Å². The van der Waals surface area contributed by atoms with Gasteiger partial charge in [0, 0.05) is 44.0 Å². The summed E-state index contributed by atoms with van der Waals surface area (Å²) in [5.41, 5.74) is 3.64. The first kappa shape index (κ1) is 22.2. The highest BCUT2D eigenvalue weighted by Crippen LogP contribution is 2.18. The molecule has 3 rings (SSSR count). The van der Waals surface area contributed by atoms with E-state index < -0.39 is 10.0 Å². The number of carbonyl (C=O) groups is 1. The quantitative estimate of drug-likeness (QED) is 0.682. The van der Waals surface area contributed by atoms with E-state index in [1.165, 1.54) is 16.4 Å². The van der Waals surface area contributed by atoms with Gasteiger partial charge in [-0.1, -0.05) is 6.07 Å². The molecule has 0 saturated carbocycles. The van der Waals surface area contributed by atoms with Crippen LogP contribution in [0, 0.1) is 19.7 Å². The van der Waals surface area contributed by atoms with Crippen molar-refractivity contribution in [3.05, 3.63) is 65.0 Å². The molecule has 1 aliphatic rings. The van der Waals surface area contributed by atoms with Crippen LogP contribution in [-0.2, 0) is 10.0 Å². The normalized spacial score (nSPS) is 15.2. The predicted octanol–water partition coefficient (Wildman–Crippen LogP) is 2.71. The first-order chi connectivity index (χ1) is 14.3. The molecule has 1 heterocycles. The molecule has 1 amide bonds. The minimum Gasteiger partial charge on any atom is -0.369 e. The number of hydrogen-bond donors (Lipinski definition) is 1. The Labute approximate surface area is 177 Å². The number of hydrogen-bond acceptors (Lipinski definition) is 4. The Balaban J connectivity index is 1.43. The van der Waals surface area contributed by atoms with Crippen LogP contribution in [0.2, 0.25) is 0 Å². The minimum absolute atomic E-state index is 0.00322. The van der Waals surface area contributed by atoms with Crippen molar-refractivity contribution in [2.75, 3.05) is 43.4 Å². The maximum atomic E-state index is 13.1. The Hall–Kier alpha value is -2.45. The fourth-order valence-corrected chi connectivity index (χ4v) is 4.93. The lowest BCUT2D eigenvalue weighted by atomic mass is 10.1. The van der Waals surface area contributed by atoms with Crippen molar-refractivity contribution in [1.82, 2.24) is 9.62 Å². The Kier molecular flexibility index (Phi) is 7.10. The third-order valence-corrected chi connectivity index (χ3v) is 7.41. The number of benzene rings is 2. The molecule has 0 unspecified atom stereocenters. The third kappa shape index (κ3) is 5.58. The summed E-state index contributed by atoms with van der Waals surface area (Å²) in [7, 11) is -3.38. The number of sulfonamides is 1. The lowest BCUT2D eigenvalue weighted by Gasteiger charge is -2.35. The van der Waals surface area contributed by atoms with Crippen LogP contribution in [-0.4, -0.2) is 57.1 Å². The van der Waals surface area contributed by atoms with Crippen LogP contribution in [0.4, 0.5) is 10.1 Å². The van der Waals surface area contributed by atoms with Crippen molar-refractivity contribution in [2.24, 2.45) is 0 Å². The monoisotopic (exact) mass is 433 g/mol.